The van der Waals surface area contributed by atoms with Crippen molar-refractivity contribution in [2.75, 3.05) is 26.3 Å². The summed E-state index contributed by atoms with van der Waals surface area (Å²) in [6.45, 7) is 4.67. The maximum Gasteiger partial charge on any atom is 0.255 e. The van der Waals surface area contributed by atoms with Crippen molar-refractivity contribution in [3.63, 3.8) is 0 Å². The molecule has 2 N–H and O–H groups in total. The van der Waals surface area contributed by atoms with E-state index in [0.29, 0.717) is 25.0 Å². The molecule has 1 atom stereocenters. The summed E-state index contributed by atoms with van der Waals surface area (Å²) in [7, 11) is 0. The van der Waals surface area contributed by atoms with Crippen LogP contribution in [0.5, 0.6) is 0 Å². The molecule has 1 aromatic carbocycles. The summed E-state index contributed by atoms with van der Waals surface area (Å²) in [5.41, 5.74) is 2.73. The highest BCUT2D eigenvalue weighted by Gasteiger charge is 2.41. The van der Waals surface area contributed by atoms with E-state index in [1.54, 1.807) is 4.90 Å². The number of nitrogens with zero attached hydrogens (tertiary/aromatic N) is 2. The Labute approximate surface area is 175 Å². The van der Waals surface area contributed by atoms with E-state index in [4.69, 9.17) is 4.74 Å². The summed E-state index contributed by atoms with van der Waals surface area (Å²) < 4.78 is 5.47. The molecule has 160 valence electrons. The molecule has 3 saturated heterocycles. The Morgan fingerprint density at radius 1 is 1.07 bits per heavy atom. The lowest BCUT2D eigenvalue weighted by Gasteiger charge is -2.44. The van der Waals surface area contributed by atoms with Crippen LogP contribution in [-0.4, -0.2) is 72.0 Å². The van der Waals surface area contributed by atoms with Crippen LogP contribution in [0, 0.1) is 0 Å². The van der Waals surface area contributed by atoms with Crippen LogP contribution in [0.15, 0.2) is 18.2 Å². The molecule has 1 unspecified atom stereocenters. The maximum atomic E-state index is 13.4. The van der Waals surface area contributed by atoms with E-state index in [-0.39, 0.29) is 24.1 Å². The van der Waals surface area contributed by atoms with Gasteiger partial charge in [0.2, 0.25) is 11.8 Å². The predicted octanol–water partition coefficient (Wildman–Crippen LogP) is 0.400. The molecule has 30 heavy (non-hydrogen) atoms. The fraction of sp³-hybridized carbons (Fsp3) is 0.591. The fourth-order valence-electron chi connectivity index (χ4n) is 5.13. The van der Waals surface area contributed by atoms with E-state index in [1.807, 2.05) is 18.2 Å². The van der Waals surface area contributed by atoms with Gasteiger partial charge < -0.3 is 15.0 Å². The number of hydrogen-bond acceptors (Lipinski definition) is 6. The van der Waals surface area contributed by atoms with Gasteiger partial charge in [0.1, 0.15) is 6.04 Å². The van der Waals surface area contributed by atoms with Crippen LogP contribution in [0.3, 0.4) is 0 Å². The quantitative estimate of drug-likeness (QED) is 0.681. The van der Waals surface area contributed by atoms with Crippen LogP contribution in [0.25, 0.3) is 0 Å². The minimum Gasteiger partial charge on any atom is -0.378 e. The number of imide groups is 1. The van der Waals surface area contributed by atoms with E-state index in [9.17, 15) is 14.4 Å². The molecule has 8 heteroatoms. The largest absolute Gasteiger partial charge is 0.378 e. The predicted molar refractivity (Wildman–Crippen MR) is 109 cm³/mol. The zero-order chi connectivity index (χ0) is 20.7. The summed E-state index contributed by atoms with van der Waals surface area (Å²) in [4.78, 5) is 41.4. The zero-order valence-corrected chi connectivity index (χ0v) is 17.1. The second-order valence-electron chi connectivity index (χ2n) is 8.70. The van der Waals surface area contributed by atoms with Gasteiger partial charge in [-0.3, -0.25) is 24.6 Å². The van der Waals surface area contributed by atoms with Crippen molar-refractivity contribution >= 4 is 17.7 Å². The monoisotopic (exact) mass is 412 g/mol. The molecule has 0 spiro atoms. The first kappa shape index (κ1) is 19.7. The van der Waals surface area contributed by atoms with Crippen LogP contribution >= 0.6 is 0 Å². The number of carbonyl (C=O) groups is 3. The molecule has 4 heterocycles. The first-order chi connectivity index (χ1) is 14.6. The number of piperidine rings is 2. The Morgan fingerprint density at radius 2 is 1.87 bits per heavy atom. The molecule has 1 aromatic rings. The van der Waals surface area contributed by atoms with Crippen LogP contribution in [-0.2, 0) is 27.4 Å². The number of rotatable bonds is 5. The minimum atomic E-state index is -0.573. The number of hydrogen-bond donors (Lipinski definition) is 2. The third kappa shape index (κ3) is 3.53. The van der Waals surface area contributed by atoms with Crippen molar-refractivity contribution in [1.29, 1.82) is 0 Å². The van der Waals surface area contributed by atoms with Crippen molar-refractivity contribution in [2.24, 2.45) is 0 Å². The summed E-state index contributed by atoms with van der Waals surface area (Å²) >= 11 is 0. The normalized spacial score (nSPS) is 25.4. The molecular weight excluding hydrogens is 384 g/mol. The number of benzene rings is 1. The lowest BCUT2D eigenvalue weighted by molar-refractivity contribution is -0.136. The summed E-state index contributed by atoms with van der Waals surface area (Å²) in [5.74, 6) is -0.719. The van der Waals surface area contributed by atoms with Crippen molar-refractivity contribution < 1.29 is 19.1 Å². The van der Waals surface area contributed by atoms with Gasteiger partial charge in [0.05, 0.1) is 19.3 Å². The Morgan fingerprint density at radius 3 is 2.57 bits per heavy atom. The smallest absolute Gasteiger partial charge is 0.255 e. The van der Waals surface area contributed by atoms with Gasteiger partial charge in [0, 0.05) is 31.1 Å². The Balaban J connectivity index is 1.38. The Kier molecular flexibility index (Phi) is 5.30. The van der Waals surface area contributed by atoms with E-state index in [2.05, 4.69) is 15.5 Å². The van der Waals surface area contributed by atoms with E-state index in [0.717, 1.165) is 62.4 Å². The van der Waals surface area contributed by atoms with Crippen molar-refractivity contribution in [3.05, 3.63) is 34.9 Å². The van der Waals surface area contributed by atoms with Gasteiger partial charge in [-0.05, 0) is 43.5 Å². The van der Waals surface area contributed by atoms with Crippen molar-refractivity contribution in [1.82, 2.24) is 20.4 Å². The van der Waals surface area contributed by atoms with Gasteiger partial charge in [-0.2, -0.15) is 0 Å². The highest BCUT2D eigenvalue weighted by molar-refractivity contribution is 6.05. The average Bonchev–Trinajstić information content (AvgIpc) is 3.04. The molecule has 0 bridgehead atoms. The topological polar surface area (TPSA) is 91.0 Å². The van der Waals surface area contributed by atoms with Gasteiger partial charge >= 0.3 is 0 Å². The molecule has 3 fully saturated rings. The molecule has 0 saturated carbocycles. The maximum absolute atomic E-state index is 13.4. The summed E-state index contributed by atoms with van der Waals surface area (Å²) in [6, 6.07) is 6.33. The number of carbonyl (C=O) groups excluding carboxylic acids is 3. The highest BCUT2D eigenvalue weighted by Crippen LogP contribution is 2.32. The second kappa shape index (κ2) is 8.09. The third-order valence-corrected chi connectivity index (χ3v) is 6.86. The number of fused-ring (bicyclic) bond motifs is 1. The lowest BCUT2D eigenvalue weighted by Crippen LogP contribution is -2.55. The summed E-state index contributed by atoms with van der Waals surface area (Å²) in [6.07, 6.45) is 2.86. The van der Waals surface area contributed by atoms with Crippen LogP contribution in [0.2, 0.25) is 0 Å². The number of nitrogens with one attached hydrogen (secondary N) is 2. The van der Waals surface area contributed by atoms with E-state index in [1.165, 1.54) is 0 Å². The summed E-state index contributed by atoms with van der Waals surface area (Å²) in [5, 5.41) is 5.80. The van der Waals surface area contributed by atoms with E-state index >= 15 is 0 Å². The molecule has 4 aliphatic rings. The molecule has 0 radical (unpaired) electrons. The van der Waals surface area contributed by atoms with E-state index < -0.39 is 6.04 Å². The van der Waals surface area contributed by atoms with Gasteiger partial charge in [-0.1, -0.05) is 18.2 Å². The standard InChI is InChI=1S/C22H28N4O4/c27-19-5-4-18(21(28)24-19)26-11-15-3-1-2-14(20(15)22(26)29)10-25(17-12-30-13-17)16-6-8-23-9-7-16/h1-3,16-18,23H,4-13H2,(H,24,27,28). The Bertz CT molecular complexity index is 863. The zero-order valence-electron chi connectivity index (χ0n) is 17.1. The third-order valence-electron chi connectivity index (χ3n) is 6.86. The molecule has 0 aliphatic carbocycles. The number of ether oxygens (including phenoxy) is 1. The molecule has 5 rings (SSSR count). The SMILES string of the molecule is O=C1CCC(N2Cc3cccc(CN(C4CCNCC4)C4COC4)c3C2=O)C(=O)N1. The van der Waals surface area contributed by atoms with Crippen molar-refractivity contribution in [2.45, 2.75) is 56.9 Å². The molecule has 3 amide bonds. The minimum absolute atomic E-state index is 0.0924. The first-order valence-electron chi connectivity index (χ1n) is 10.9. The van der Waals surface area contributed by atoms with Crippen LogP contribution in [0.1, 0.15) is 47.2 Å². The first-order valence-corrected chi connectivity index (χ1v) is 10.9. The van der Waals surface area contributed by atoms with Crippen LogP contribution < -0.4 is 10.6 Å². The number of amides is 3. The highest BCUT2D eigenvalue weighted by atomic mass is 16.5. The van der Waals surface area contributed by atoms with Gasteiger partial charge in [0.15, 0.2) is 0 Å². The molecule has 0 aromatic heterocycles. The molecule has 4 aliphatic heterocycles. The van der Waals surface area contributed by atoms with Gasteiger partial charge in [-0.25, -0.2) is 0 Å². The molecular formula is C22H28N4O4. The van der Waals surface area contributed by atoms with Crippen molar-refractivity contribution in [3.8, 4) is 0 Å². The molecule has 8 nitrogen and oxygen atoms in total. The lowest BCUT2D eigenvalue weighted by atomic mass is 9.97. The average molecular weight is 412 g/mol. The van der Waals surface area contributed by atoms with Gasteiger partial charge in [0.25, 0.3) is 5.91 Å². The fourth-order valence-corrected chi connectivity index (χ4v) is 5.13. The van der Waals surface area contributed by atoms with Gasteiger partial charge in [-0.15, -0.1) is 0 Å². The Hall–Kier alpha value is -2.29. The van der Waals surface area contributed by atoms with Crippen LogP contribution in [0.4, 0.5) is 0 Å². The second-order valence-corrected chi connectivity index (χ2v) is 8.70.